The Morgan fingerprint density at radius 1 is 0.947 bits per heavy atom. The standard InChI is InChI=1S/C14H7Cl2NO2/c15-9-3-1-8(2-4-9)13-17-12-7-10(16)5-6-11(12)14(18)19-13/h1-7H. The van der Waals surface area contributed by atoms with Gasteiger partial charge in [-0.25, -0.2) is 9.78 Å². The molecule has 0 spiro atoms. The van der Waals surface area contributed by atoms with Gasteiger partial charge in [-0.05, 0) is 42.5 Å². The molecule has 0 saturated heterocycles. The molecule has 0 bridgehead atoms. The molecule has 1 aromatic heterocycles. The zero-order valence-electron chi connectivity index (χ0n) is 9.56. The smallest absolute Gasteiger partial charge is 0.347 e. The molecule has 2 aromatic carbocycles. The van der Waals surface area contributed by atoms with Crippen molar-refractivity contribution in [1.82, 2.24) is 4.98 Å². The second-order valence-electron chi connectivity index (χ2n) is 3.97. The monoisotopic (exact) mass is 291 g/mol. The van der Waals surface area contributed by atoms with E-state index in [2.05, 4.69) is 4.98 Å². The fraction of sp³-hybridized carbons (Fsp3) is 0. The maximum absolute atomic E-state index is 11.9. The number of benzene rings is 2. The summed E-state index contributed by atoms with van der Waals surface area (Å²) in [5.41, 5.74) is 0.753. The second-order valence-corrected chi connectivity index (χ2v) is 4.85. The molecule has 94 valence electrons. The van der Waals surface area contributed by atoms with Crippen LogP contribution in [0.2, 0.25) is 10.0 Å². The minimum atomic E-state index is -0.438. The lowest BCUT2D eigenvalue weighted by Gasteiger charge is -2.02. The Hall–Kier alpha value is -1.84. The molecule has 0 unspecified atom stereocenters. The highest BCUT2D eigenvalue weighted by Gasteiger charge is 2.08. The van der Waals surface area contributed by atoms with Crippen LogP contribution in [-0.4, -0.2) is 4.98 Å². The SMILES string of the molecule is O=c1oc(-c2ccc(Cl)cc2)nc2cc(Cl)ccc12. The summed E-state index contributed by atoms with van der Waals surface area (Å²) in [7, 11) is 0. The van der Waals surface area contributed by atoms with Gasteiger partial charge in [-0.1, -0.05) is 23.2 Å². The number of fused-ring (bicyclic) bond motifs is 1. The molecule has 0 radical (unpaired) electrons. The highest BCUT2D eigenvalue weighted by atomic mass is 35.5. The van der Waals surface area contributed by atoms with Crippen molar-refractivity contribution in [3.63, 3.8) is 0 Å². The van der Waals surface area contributed by atoms with Crippen molar-refractivity contribution in [1.29, 1.82) is 0 Å². The highest BCUT2D eigenvalue weighted by molar-refractivity contribution is 6.31. The van der Waals surface area contributed by atoms with E-state index in [0.29, 0.717) is 26.5 Å². The van der Waals surface area contributed by atoms with Gasteiger partial charge in [-0.2, -0.15) is 0 Å². The van der Waals surface area contributed by atoms with Crippen LogP contribution >= 0.6 is 23.2 Å². The average Bonchev–Trinajstić information content (AvgIpc) is 2.38. The largest absolute Gasteiger partial charge is 0.403 e. The van der Waals surface area contributed by atoms with Gasteiger partial charge in [0.1, 0.15) is 0 Å². The van der Waals surface area contributed by atoms with Gasteiger partial charge in [0.15, 0.2) is 0 Å². The van der Waals surface area contributed by atoms with E-state index in [1.165, 1.54) is 0 Å². The number of hydrogen-bond donors (Lipinski definition) is 0. The van der Waals surface area contributed by atoms with Gasteiger partial charge in [0, 0.05) is 15.6 Å². The van der Waals surface area contributed by atoms with E-state index in [-0.39, 0.29) is 5.89 Å². The van der Waals surface area contributed by atoms with Crippen LogP contribution in [0.25, 0.3) is 22.4 Å². The van der Waals surface area contributed by atoms with Crippen LogP contribution in [0.15, 0.2) is 51.7 Å². The van der Waals surface area contributed by atoms with E-state index in [9.17, 15) is 4.79 Å². The van der Waals surface area contributed by atoms with Gasteiger partial charge in [-0.3, -0.25) is 0 Å². The van der Waals surface area contributed by atoms with E-state index in [1.807, 2.05) is 0 Å². The summed E-state index contributed by atoms with van der Waals surface area (Å²) in [6, 6.07) is 11.8. The molecular weight excluding hydrogens is 285 g/mol. The fourth-order valence-electron chi connectivity index (χ4n) is 1.76. The van der Waals surface area contributed by atoms with E-state index >= 15 is 0 Å². The van der Waals surface area contributed by atoms with Crippen molar-refractivity contribution in [3.05, 3.63) is 62.9 Å². The van der Waals surface area contributed by atoms with E-state index in [4.69, 9.17) is 27.6 Å². The minimum Gasteiger partial charge on any atom is -0.403 e. The molecule has 0 aliphatic rings. The first-order chi connectivity index (χ1) is 9.13. The third-order valence-corrected chi connectivity index (χ3v) is 3.17. The normalized spacial score (nSPS) is 10.8. The third kappa shape index (κ3) is 2.35. The molecule has 5 heteroatoms. The topological polar surface area (TPSA) is 43.1 Å². The van der Waals surface area contributed by atoms with Gasteiger partial charge >= 0.3 is 5.63 Å². The van der Waals surface area contributed by atoms with Crippen LogP contribution in [-0.2, 0) is 0 Å². The van der Waals surface area contributed by atoms with Crippen molar-refractivity contribution in [3.8, 4) is 11.5 Å². The Morgan fingerprint density at radius 3 is 2.37 bits per heavy atom. The Kier molecular flexibility index (Phi) is 3.01. The van der Waals surface area contributed by atoms with Gasteiger partial charge in [0.05, 0.1) is 10.9 Å². The molecule has 0 amide bonds. The summed E-state index contributed by atoms with van der Waals surface area (Å²) < 4.78 is 5.20. The molecular formula is C14H7Cl2NO2. The lowest BCUT2D eigenvalue weighted by atomic mass is 10.2. The fourth-order valence-corrected chi connectivity index (χ4v) is 2.05. The lowest BCUT2D eigenvalue weighted by molar-refractivity contribution is 0.518. The minimum absolute atomic E-state index is 0.247. The van der Waals surface area contributed by atoms with Gasteiger partial charge in [-0.15, -0.1) is 0 Å². The van der Waals surface area contributed by atoms with E-state index in [1.54, 1.807) is 42.5 Å². The third-order valence-electron chi connectivity index (χ3n) is 2.68. The van der Waals surface area contributed by atoms with Crippen LogP contribution in [0.3, 0.4) is 0 Å². The summed E-state index contributed by atoms with van der Waals surface area (Å²) in [6.45, 7) is 0. The summed E-state index contributed by atoms with van der Waals surface area (Å²) in [6.07, 6.45) is 0. The number of hydrogen-bond acceptors (Lipinski definition) is 3. The predicted octanol–water partition coefficient (Wildman–Crippen LogP) is 4.16. The van der Waals surface area contributed by atoms with Crippen LogP contribution in [0, 0.1) is 0 Å². The summed E-state index contributed by atoms with van der Waals surface area (Å²) in [4.78, 5) is 16.2. The van der Waals surface area contributed by atoms with Crippen molar-refractivity contribution >= 4 is 34.1 Å². The molecule has 0 aliphatic heterocycles. The summed E-state index contributed by atoms with van der Waals surface area (Å²) in [5, 5.41) is 1.53. The Bertz CT molecular complexity index is 810. The van der Waals surface area contributed by atoms with Gasteiger partial charge in [0.2, 0.25) is 5.89 Å². The number of rotatable bonds is 1. The van der Waals surface area contributed by atoms with E-state index < -0.39 is 5.63 Å². The Balaban J connectivity index is 2.25. The number of halogens is 2. The molecule has 0 saturated carbocycles. The predicted molar refractivity (Wildman–Crippen MR) is 75.7 cm³/mol. The van der Waals surface area contributed by atoms with Crippen molar-refractivity contribution < 1.29 is 4.42 Å². The zero-order valence-corrected chi connectivity index (χ0v) is 11.1. The molecule has 3 nitrogen and oxygen atoms in total. The molecule has 19 heavy (non-hydrogen) atoms. The first-order valence-corrected chi connectivity index (χ1v) is 6.25. The Labute approximate surface area is 118 Å². The van der Waals surface area contributed by atoms with Crippen molar-refractivity contribution in [2.75, 3.05) is 0 Å². The van der Waals surface area contributed by atoms with Crippen molar-refractivity contribution in [2.24, 2.45) is 0 Å². The molecule has 0 aliphatic carbocycles. The van der Waals surface area contributed by atoms with E-state index in [0.717, 1.165) is 0 Å². The molecule has 0 fully saturated rings. The first kappa shape index (κ1) is 12.2. The zero-order chi connectivity index (χ0) is 13.4. The average molecular weight is 292 g/mol. The molecule has 3 aromatic rings. The maximum Gasteiger partial charge on any atom is 0.347 e. The molecule has 3 rings (SSSR count). The molecule has 1 heterocycles. The second kappa shape index (κ2) is 4.68. The van der Waals surface area contributed by atoms with Crippen LogP contribution in [0.4, 0.5) is 0 Å². The van der Waals surface area contributed by atoms with Crippen LogP contribution in [0.5, 0.6) is 0 Å². The van der Waals surface area contributed by atoms with Gasteiger partial charge in [0.25, 0.3) is 0 Å². The van der Waals surface area contributed by atoms with Gasteiger partial charge < -0.3 is 4.42 Å². The Morgan fingerprint density at radius 2 is 1.63 bits per heavy atom. The summed E-state index contributed by atoms with van der Waals surface area (Å²) in [5.74, 6) is 0.247. The quantitative estimate of drug-likeness (QED) is 0.676. The highest BCUT2D eigenvalue weighted by Crippen LogP contribution is 2.22. The van der Waals surface area contributed by atoms with Crippen LogP contribution in [0.1, 0.15) is 0 Å². The number of nitrogens with zero attached hydrogens (tertiary/aromatic N) is 1. The van der Waals surface area contributed by atoms with Crippen molar-refractivity contribution in [2.45, 2.75) is 0 Å². The van der Waals surface area contributed by atoms with Crippen LogP contribution < -0.4 is 5.63 Å². The lowest BCUT2D eigenvalue weighted by Crippen LogP contribution is -2.02. The number of aromatic nitrogens is 1. The molecule has 0 N–H and O–H groups in total. The summed E-state index contributed by atoms with van der Waals surface area (Å²) >= 11 is 11.7. The first-order valence-electron chi connectivity index (χ1n) is 5.50. The molecule has 0 atom stereocenters. The maximum atomic E-state index is 11.9.